The van der Waals surface area contributed by atoms with Gasteiger partial charge in [-0.15, -0.1) is 9.24 Å². The molecule has 0 aliphatic carbocycles. The summed E-state index contributed by atoms with van der Waals surface area (Å²) < 4.78 is 0. The standard InChI is InChI=1S/C38H37P/c39-28-11-3-1-2-10-27-38(35-24-12-18-29-15-4-7-21-32(29)35,36-25-13-19-30-16-5-8-22-33(30)36)37-26-14-20-31-17-6-9-23-34(31)37/h4-9,12-26H,1-3,10-11,27-28,39H2. The number of hydrogen-bond acceptors (Lipinski definition) is 0. The highest BCUT2D eigenvalue weighted by Gasteiger charge is 2.39. The minimum atomic E-state index is -0.288. The zero-order valence-electron chi connectivity index (χ0n) is 22.7. The molecule has 1 unspecified atom stereocenters. The van der Waals surface area contributed by atoms with Crippen LogP contribution in [0.15, 0.2) is 127 Å². The lowest BCUT2D eigenvalue weighted by molar-refractivity contribution is 0.510. The summed E-state index contributed by atoms with van der Waals surface area (Å²) in [5.41, 5.74) is 3.96. The minimum absolute atomic E-state index is 0.288. The van der Waals surface area contributed by atoms with E-state index >= 15 is 0 Å². The topological polar surface area (TPSA) is 0 Å². The zero-order chi connectivity index (χ0) is 26.5. The van der Waals surface area contributed by atoms with Gasteiger partial charge in [-0.1, -0.05) is 153 Å². The molecule has 1 atom stereocenters. The summed E-state index contributed by atoms with van der Waals surface area (Å²) in [4.78, 5) is 0. The van der Waals surface area contributed by atoms with Crippen LogP contribution >= 0.6 is 9.24 Å². The van der Waals surface area contributed by atoms with Crippen molar-refractivity contribution in [2.45, 2.75) is 43.9 Å². The van der Waals surface area contributed by atoms with Crippen LogP contribution in [0, 0.1) is 0 Å². The van der Waals surface area contributed by atoms with Gasteiger partial charge in [-0.2, -0.15) is 0 Å². The molecule has 0 saturated heterocycles. The van der Waals surface area contributed by atoms with Crippen LogP contribution in [0.5, 0.6) is 0 Å². The van der Waals surface area contributed by atoms with Gasteiger partial charge >= 0.3 is 0 Å². The summed E-state index contributed by atoms with van der Waals surface area (Å²) in [6.07, 6.45) is 8.62. The second-order valence-corrected chi connectivity index (χ2v) is 11.4. The Hall–Kier alpha value is -3.47. The van der Waals surface area contributed by atoms with Crippen LogP contribution in [0.3, 0.4) is 0 Å². The molecule has 0 aliphatic heterocycles. The van der Waals surface area contributed by atoms with Crippen molar-refractivity contribution < 1.29 is 0 Å². The number of fused-ring (bicyclic) bond motifs is 3. The van der Waals surface area contributed by atoms with Gasteiger partial charge in [-0.3, -0.25) is 0 Å². The Morgan fingerprint density at radius 1 is 0.385 bits per heavy atom. The number of unbranched alkanes of at least 4 members (excludes halogenated alkanes) is 4. The Morgan fingerprint density at radius 2 is 0.744 bits per heavy atom. The molecule has 0 aromatic heterocycles. The summed E-state index contributed by atoms with van der Waals surface area (Å²) in [5, 5.41) is 7.97. The van der Waals surface area contributed by atoms with E-state index in [-0.39, 0.29) is 5.41 Å². The third kappa shape index (κ3) is 4.88. The van der Waals surface area contributed by atoms with Crippen molar-refractivity contribution in [2.75, 3.05) is 6.16 Å². The molecule has 0 bridgehead atoms. The molecule has 6 aromatic carbocycles. The maximum absolute atomic E-state index is 2.88. The molecule has 6 rings (SSSR count). The molecule has 1 heteroatoms. The predicted molar refractivity (Wildman–Crippen MR) is 174 cm³/mol. The normalized spacial score (nSPS) is 11.9. The van der Waals surface area contributed by atoms with Crippen LogP contribution in [0.2, 0.25) is 0 Å². The summed E-state index contributed by atoms with van der Waals surface area (Å²) in [6, 6.07) is 47.7. The fourth-order valence-corrected chi connectivity index (χ4v) is 6.99. The molecule has 0 amide bonds. The highest BCUT2D eigenvalue weighted by Crippen LogP contribution is 2.50. The van der Waals surface area contributed by atoms with Crippen molar-refractivity contribution in [1.82, 2.24) is 0 Å². The van der Waals surface area contributed by atoms with Crippen molar-refractivity contribution >= 4 is 41.6 Å². The predicted octanol–water partition coefficient (Wildman–Crippen LogP) is 10.7. The molecule has 0 radical (unpaired) electrons. The van der Waals surface area contributed by atoms with Crippen molar-refractivity contribution in [1.29, 1.82) is 0 Å². The Labute approximate surface area is 235 Å². The van der Waals surface area contributed by atoms with E-state index in [1.807, 2.05) is 0 Å². The van der Waals surface area contributed by atoms with Crippen LogP contribution in [-0.4, -0.2) is 6.16 Å². The van der Waals surface area contributed by atoms with Gasteiger partial charge in [0.05, 0.1) is 0 Å². The van der Waals surface area contributed by atoms with E-state index in [1.165, 1.54) is 87.3 Å². The highest BCUT2D eigenvalue weighted by atomic mass is 31.0. The van der Waals surface area contributed by atoms with Crippen LogP contribution in [0.4, 0.5) is 0 Å². The number of rotatable bonds is 10. The molecule has 0 N–H and O–H groups in total. The first-order valence-electron chi connectivity index (χ1n) is 14.5. The first-order chi connectivity index (χ1) is 19.3. The SMILES string of the molecule is PCCCCCCCC(c1cccc2ccccc12)(c1cccc2ccccc12)c1cccc2ccccc12. The maximum atomic E-state index is 2.88. The fraction of sp³-hybridized carbons (Fsp3) is 0.211. The van der Waals surface area contributed by atoms with Gasteiger partial charge in [-0.05, 0) is 68.0 Å². The van der Waals surface area contributed by atoms with E-state index in [4.69, 9.17) is 0 Å². The Morgan fingerprint density at radius 3 is 1.18 bits per heavy atom. The second kappa shape index (κ2) is 11.7. The van der Waals surface area contributed by atoms with Crippen LogP contribution in [-0.2, 0) is 5.41 Å². The fourth-order valence-electron chi connectivity index (χ4n) is 6.70. The maximum Gasteiger partial charge on any atom is 0.0469 e. The molecule has 194 valence electrons. The Balaban J connectivity index is 1.68. The summed E-state index contributed by atoms with van der Waals surface area (Å²) >= 11 is 0. The van der Waals surface area contributed by atoms with Gasteiger partial charge in [-0.25, -0.2) is 0 Å². The summed E-state index contributed by atoms with van der Waals surface area (Å²) in [7, 11) is 2.88. The van der Waals surface area contributed by atoms with E-state index in [2.05, 4.69) is 137 Å². The monoisotopic (exact) mass is 524 g/mol. The van der Waals surface area contributed by atoms with Gasteiger partial charge in [0.15, 0.2) is 0 Å². The van der Waals surface area contributed by atoms with Gasteiger partial charge < -0.3 is 0 Å². The average Bonchev–Trinajstić information content (AvgIpc) is 3.00. The van der Waals surface area contributed by atoms with Crippen molar-refractivity contribution in [3.63, 3.8) is 0 Å². The van der Waals surface area contributed by atoms with Crippen molar-refractivity contribution in [3.05, 3.63) is 144 Å². The molecule has 0 spiro atoms. The lowest BCUT2D eigenvalue weighted by Crippen LogP contribution is -2.30. The molecule has 0 fully saturated rings. The number of benzene rings is 6. The average molecular weight is 525 g/mol. The molecule has 6 aromatic rings. The number of hydrogen-bond donors (Lipinski definition) is 0. The molecule has 0 saturated carbocycles. The van der Waals surface area contributed by atoms with E-state index < -0.39 is 0 Å². The molecular formula is C38H37P. The molecule has 39 heavy (non-hydrogen) atoms. The third-order valence-corrected chi connectivity index (χ3v) is 8.91. The van der Waals surface area contributed by atoms with Gasteiger partial charge in [0.1, 0.15) is 0 Å². The van der Waals surface area contributed by atoms with E-state index in [0.717, 1.165) is 6.42 Å². The van der Waals surface area contributed by atoms with Gasteiger partial charge in [0, 0.05) is 5.41 Å². The first-order valence-corrected chi connectivity index (χ1v) is 15.3. The van der Waals surface area contributed by atoms with Crippen LogP contribution < -0.4 is 0 Å². The second-order valence-electron chi connectivity index (χ2n) is 10.8. The van der Waals surface area contributed by atoms with Crippen molar-refractivity contribution in [2.24, 2.45) is 0 Å². The van der Waals surface area contributed by atoms with Gasteiger partial charge in [0.25, 0.3) is 0 Å². The summed E-state index contributed by atoms with van der Waals surface area (Å²) in [6.45, 7) is 0. The van der Waals surface area contributed by atoms with Crippen molar-refractivity contribution in [3.8, 4) is 0 Å². The lowest BCUT2D eigenvalue weighted by atomic mass is 9.63. The Kier molecular flexibility index (Phi) is 7.76. The third-order valence-electron chi connectivity index (χ3n) is 8.50. The largest absolute Gasteiger partial charge is 0.138 e. The van der Waals surface area contributed by atoms with E-state index in [0.29, 0.717) is 0 Å². The molecule has 0 aliphatic rings. The zero-order valence-corrected chi connectivity index (χ0v) is 23.8. The molecular weight excluding hydrogens is 487 g/mol. The first kappa shape index (κ1) is 25.8. The summed E-state index contributed by atoms with van der Waals surface area (Å²) in [5.74, 6) is 0. The minimum Gasteiger partial charge on any atom is -0.138 e. The lowest BCUT2D eigenvalue weighted by Gasteiger charge is -2.39. The van der Waals surface area contributed by atoms with Gasteiger partial charge in [0.2, 0.25) is 0 Å². The Bertz CT molecular complexity index is 1510. The molecule has 0 nitrogen and oxygen atoms in total. The quantitative estimate of drug-likeness (QED) is 0.0950. The van der Waals surface area contributed by atoms with Crippen LogP contribution in [0.25, 0.3) is 32.3 Å². The molecule has 0 heterocycles. The smallest absolute Gasteiger partial charge is 0.0469 e. The van der Waals surface area contributed by atoms with E-state index in [1.54, 1.807) is 0 Å². The van der Waals surface area contributed by atoms with Crippen LogP contribution in [0.1, 0.15) is 55.2 Å². The van der Waals surface area contributed by atoms with E-state index in [9.17, 15) is 0 Å². The highest BCUT2D eigenvalue weighted by molar-refractivity contribution is 7.16.